The summed E-state index contributed by atoms with van der Waals surface area (Å²) in [5.74, 6) is 0.810. The number of methoxy groups -OCH3 is 1. The highest BCUT2D eigenvalue weighted by Crippen LogP contribution is 2.83. The number of benzene rings is 2. The first-order valence-electron chi connectivity index (χ1n) is 18.5. The van der Waals surface area contributed by atoms with Crippen LogP contribution < -0.4 is 9.80 Å². The van der Waals surface area contributed by atoms with Crippen molar-refractivity contribution < 1.29 is 9.53 Å². The monoisotopic (exact) mass is 614 g/mol. The maximum absolute atomic E-state index is 14.3. The van der Waals surface area contributed by atoms with Crippen molar-refractivity contribution in [2.75, 3.05) is 49.6 Å². The fraction of sp³-hybridized carbons (Fsp3) is 0.625. The second-order valence-electron chi connectivity index (χ2n) is 17.1. The number of fused-ring (bicyclic) bond motifs is 3. The van der Waals surface area contributed by atoms with Crippen LogP contribution in [0.4, 0.5) is 11.4 Å². The highest BCUT2D eigenvalue weighted by molar-refractivity contribution is 5.90. The molecule has 0 radical (unpaired) electrons. The van der Waals surface area contributed by atoms with E-state index in [-0.39, 0.29) is 39.8 Å². The van der Waals surface area contributed by atoms with E-state index in [4.69, 9.17) is 4.74 Å². The number of esters is 1. The Labute approximate surface area is 272 Å². The summed E-state index contributed by atoms with van der Waals surface area (Å²) in [6, 6.07) is 17.6. The second-order valence-corrected chi connectivity index (χ2v) is 17.1. The summed E-state index contributed by atoms with van der Waals surface area (Å²) in [7, 11) is 1.61. The van der Waals surface area contributed by atoms with Crippen molar-refractivity contribution in [3.63, 3.8) is 0 Å². The van der Waals surface area contributed by atoms with Crippen LogP contribution in [-0.4, -0.2) is 79.3 Å². The molecule has 7 fully saturated rings. The molecule has 8 aliphatic heterocycles. The lowest BCUT2D eigenvalue weighted by Crippen LogP contribution is -2.81. The summed E-state index contributed by atoms with van der Waals surface area (Å²) in [4.78, 5) is 25.9. The Morgan fingerprint density at radius 2 is 1.76 bits per heavy atom. The van der Waals surface area contributed by atoms with Crippen LogP contribution >= 0.6 is 0 Å². The molecule has 10 aliphatic rings. The number of anilines is 2. The Kier molecular flexibility index (Phi) is 4.40. The van der Waals surface area contributed by atoms with E-state index in [1.807, 2.05) is 0 Å². The van der Waals surface area contributed by atoms with Crippen LogP contribution in [0.15, 0.2) is 54.1 Å². The third kappa shape index (κ3) is 2.17. The molecule has 0 aromatic heterocycles. The molecule has 238 valence electrons. The molecular weight excluding hydrogens is 568 g/mol. The summed E-state index contributed by atoms with van der Waals surface area (Å²) in [5.41, 5.74) is 9.51. The van der Waals surface area contributed by atoms with Crippen LogP contribution in [0.2, 0.25) is 0 Å². The summed E-state index contributed by atoms with van der Waals surface area (Å²) >= 11 is 0. The molecule has 4 bridgehead atoms. The summed E-state index contributed by atoms with van der Waals surface area (Å²) in [5, 5.41) is 0. The molecule has 2 aliphatic carbocycles. The lowest BCUT2D eigenvalue weighted by molar-refractivity contribution is -0.148. The maximum atomic E-state index is 14.3. The minimum absolute atomic E-state index is 0.0614. The van der Waals surface area contributed by atoms with Gasteiger partial charge in [0, 0.05) is 58.9 Å². The smallest absolute Gasteiger partial charge is 0.329 e. The van der Waals surface area contributed by atoms with Gasteiger partial charge in [-0.2, -0.15) is 0 Å². The quantitative estimate of drug-likeness (QED) is 0.319. The van der Waals surface area contributed by atoms with Crippen LogP contribution in [0.25, 0.3) is 0 Å². The van der Waals surface area contributed by atoms with Gasteiger partial charge in [-0.25, -0.2) is 4.79 Å². The van der Waals surface area contributed by atoms with E-state index >= 15 is 0 Å². The third-order valence-corrected chi connectivity index (χ3v) is 17.0. The Morgan fingerprint density at radius 1 is 0.935 bits per heavy atom. The standard InChI is InChI=1S/C40H46N4O2/c1-4-25-22-42-19-16-37-23-43-33-28(38-17-20-41-18-8-13-36(35(38)41)14-15-39(38,43)24(36)2)10-7-11-29(33)40(37)31(42)21-26(25)32(34(45)46-3)44(40)30-12-6-5-9-27(30)37/h4-7,9-12,24,26,31-32,35H,8,13-23H2,1-3H3/b25-4-/t24-,26+,31-,32-,35-,36-,37-,38+,39+,40+/m0/s1. The van der Waals surface area contributed by atoms with E-state index < -0.39 is 0 Å². The average molecular weight is 615 g/mol. The average Bonchev–Trinajstić information content (AvgIpc) is 3.82. The number of para-hydroxylation sites is 2. The first-order valence-corrected chi connectivity index (χ1v) is 18.5. The minimum Gasteiger partial charge on any atom is -0.467 e. The number of piperidine rings is 4. The lowest BCUT2D eigenvalue weighted by atomic mass is 9.50. The van der Waals surface area contributed by atoms with Gasteiger partial charge in [-0.05, 0) is 100 Å². The molecule has 46 heavy (non-hydrogen) atoms. The first kappa shape index (κ1) is 26.2. The number of hydrogen-bond donors (Lipinski definition) is 0. The number of ether oxygens (including phenoxy) is 1. The zero-order valence-corrected chi connectivity index (χ0v) is 27.6. The highest BCUT2D eigenvalue weighted by Gasteiger charge is 2.87. The van der Waals surface area contributed by atoms with E-state index in [0.29, 0.717) is 23.4 Å². The van der Waals surface area contributed by atoms with E-state index in [0.717, 1.165) is 32.5 Å². The van der Waals surface area contributed by atoms with Crippen molar-refractivity contribution in [3.05, 3.63) is 70.8 Å². The van der Waals surface area contributed by atoms with Gasteiger partial charge in [0.15, 0.2) is 0 Å². The highest BCUT2D eigenvalue weighted by atomic mass is 16.5. The number of rotatable bonds is 1. The van der Waals surface area contributed by atoms with Gasteiger partial charge in [-0.3, -0.25) is 9.80 Å². The van der Waals surface area contributed by atoms with Crippen LogP contribution in [0, 0.1) is 17.3 Å². The second kappa shape index (κ2) is 7.73. The van der Waals surface area contributed by atoms with Gasteiger partial charge < -0.3 is 14.5 Å². The normalized spacial score (nSPS) is 48.7. The van der Waals surface area contributed by atoms with Gasteiger partial charge in [-0.1, -0.05) is 55.0 Å². The summed E-state index contributed by atoms with van der Waals surface area (Å²) in [6.07, 6.45) is 11.3. The Bertz CT molecular complexity index is 1820. The Hall–Kier alpha value is -2.83. The molecule has 2 saturated carbocycles. The van der Waals surface area contributed by atoms with Crippen molar-refractivity contribution in [3.8, 4) is 0 Å². The fourth-order valence-corrected chi connectivity index (χ4v) is 16.1. The van der Waals surface area contributed by atoms with Gasteiger partial charge in [0.05, 0.1) is 18.2 Å². The van der Waals surface area contributed by atoms with Crippen molar-refractivity contribution >= 4 is 17.3 Å². The summed E-state index contributed by atoms with van der Waals surface area (Å²) in [6.45, 7) is 10.6. The Balaban J connectivity index is 1.20. The fourth-order valence-electron chi connectivity index (χ4n) is 16.1. The third-order valence-electron chi connectivity index (χ3n) is 17.0. The number of allylic oxidation sites excluding steroid dienone is 1. The van der Waals surface area contributed by atoms with Crippen LogP contribution in [0.3, 0.4) is 0 Å². The molecule has 12 rings (SSSR count). The molecule has 6 nitrogen and oxygen atoms in total. The molecule has 0 N–H and O–H groups in total. The molecule has 8 heterocycles. The number of carbonyl (C=O) groups excluding carboxylic acids is 1. The predicted octanol–water partition coefficient (Wildman–Crippen LogP) is 5.34. The molecule has 2 aromatic carbocycles. The maximum Gasteiger partial charge on any atom is 0.329 e. The zero-order valence-electron chi connectivity index (χ0n) is 27.6. The molecule has 5 saturated heterocycles. The SMILES string of the molecule is C/C=C1/CN2CC[C@@]34CN5c6c(cccc6[C@@]67CCN8CCC[C@@]9(CC[C@]56[C@H]9C)[C@H]87)[C@@]35[C@@H]2C[C@H]1[C@@H](C(=O)OC)N5c1ccccc14. The van der Waals surface area contributed by atoms with Crippen molar-refractivity contribution in [2.45, 2.75) is 98.8 Å². The van der Waals surface area contributed by atoms with Crippen molar-refractivity contribution in [2.24, 2.45) is 17.3 Å². The molecule has 6 heteroatoms. The largest absolute Gasteiger partial charge is 0.467 e. The van der Waals surface area contributed by atoms with Crippen LogP contribution in [-0.2, 0) is 25.9 Å². The van der Waals surface area contributed by atoms with Crippen molar-refractivity contribution in [1.29, 1.82) is 0 Å². The van der Waals surface area contributed by atoms with Crippen molar-refractivity contribution in [1.82, 2.24) is 9.80 Å². The first-order chi connectivity index (χ1) is 22.5. The molecule has 2 aromatic rings. The summed E-state index contributed by atoms with van der Waals surface area (Å²) < 4.78 is 5.77. The topological polar surface area (TPSA) is 39.3 Å². The van der Waals surface area contributed by atoms with Gasteiger partial charge in [0.1, 0.15) is 6.04 Å². The zero-order chi connectivity index (χ0) is 30.6. The molecule has 0 amide bonds. The van der Waals surface area contributed by atoms with Crippen LogP contribution in [0.5, 0.6) is 0 Å². The van der Waals surface area contributed by atoms with Gasteiger partial charge >= 0.3 is 5.97 Å². The molecule has 0 unspecified atom stereocenters. The number of nitrogens with zero attached hydrogens (tertiary/aromatic N) is 4. The molecular formula is C40H46N4O2. The van der Waals surface area contributed by atoms with E-state index in [1.165, 1.54) is 67.6 Å². The lowest BCUT2D eigenvalue weighted by Gasteiger charge is -2.71. The van der Waals surface area contributed by atoms with Crippen LogP contribution in [0.1, 0.15) is 75.5 Å². The minimum atomic E-state index is -0.311. The van der Waals surface area contributed by atoms with E-state index in [9.17, 15) is 4.79 Å². The van der Waals surface area contributed by atoms with Gasteiger partial charge in [0.25, 0.3) is 0 Å². The van der Waals surface area contributed by atoms with Gasteiger partial charge in [0.2, 0.25) is 0 Å². The molecule has 10 atom stereocenters. The number of hydrogen-bond acceptors (Lipinski definition) is 6. The predicted molar refractivity (Wildman–Crippen MR) is 178 cm³/mol. The van der Waals surface area contributed by atoms with Gasteiger partial charge in [-0.15, -0.1) is 0 Å². The Morgan fingerprint density at radius 3 is 2.63 bits per heavy atom. The molecule has 4 spiro atoms. The van der Waals surface area contributed by atoms with E-state index in [1.54, 1.807) is 18.4 Å². The van der Waals surface area contributed by atoms with E-state index in [2.05, 4.69) is 82.0 Å². The number of carbonyl (C=O) groups is 1.